The van der Waals surface area contributed by atoms with Crippen LogP contribution in [0.1, 0.15) is 60.3 Å². The summed E-state index contributed by atoms with van der Waals surface area (Å²) in [5.41, 5.74) is -5.67. The Morgan fingerprint density at radius 3 is 2.34 bits per heavy atom. The van der Waals surface area contributed by atoms with Crippen LogP contribution in [0, 0.1) is 11.3 Å². The van der Waals surface area contributed by atoms with E-state index in [9.17, 15) is 40.8 Å². The lowest BCUT2D eigenvalue weighted by Crippen LogP contribution is -2.60. The number of hydrogen-bond donors (Lipinski definition) is 3. The van der Waals surface area contributed by atoms with Gasteiger partial charge in [-0.1, -0.05) is 26.8 Å². The summed E-state index contributed by atoms with van der Waals surface area (Å²) in [6.45, 7) is 9.49. The van der Waals surface area contributed by atoms with Crippen LogP contribution >= 0.6 is 0 Å². The van der Waals surface area contributed by atoms with Gasteiger partial charge in [-0.3, -0.25) is 19.1 Å². The second-order valence-corrected chi connectivity index (χ2v) is 17.2. The fourth-order valence-electron chi connectivity index (χ4n) is 6.15. The summed E-state index contributed by atoms with van der Waals surface area (Å²) in [5.74, 6) is -2.45. The molecule has 3 N–H and O–H groups in total. The Labute approximate surface area is 305 Å². The van der Waals surface area contributed by atoms with Crippen molar-refractivity contribution in [2.75, 3.05) is 13.7 Å². The van der Waals surface area contributed by atoms with Crippen LogP contribution in [0.15, 0.2) is 43.1 Å². The molecule has 18 heteroatoms. The van der Waals surface area contributed by atoms with Gasteiger partial charge in [0.2, 0.25) is 33.3 Å². The van der Waals surface area contributed by atoms with Gasteiger partial charge in [-0.05, 0) is 68.2 Å². The smallest absolute Gasteiger partial charge is 0.427 e. The van der Waals surface area contributed by atoms with E-state index in [0.29, 0.717) is 37.8 Å². The lowest BCUT2D eigenvalue weighted by molar-refractivity contribution is -0.244. The van der Waals surface area contributed by atoms with Crippen LogP contribution < -0.4 is 24.8 Å². The number of halogens is 3. The summed E-state index contributed by atoms with van der Waals surface area (Å²) in [6, 6.07) is 4.10. The monoisotopic (exact) mass is 767 g/mol. The van der Waals surface area contributed by atoms with Gasteiger partial charge in [-0.2, -0.15) is 13.2 Å². The Bertz CT molecular complexity index is 1910. The van der Waals surface area contributed by atoms with Gasteiger partial charge in [0.1, 0.15) is 29.5 Å². The number of nitrogens with one attached hydrogen (secondary N) is 3. The highest BCUT2D eigenvalue weighted by Crippen LogP contribution is 2.46. The van der Waals surface area contributed by atoms with E-state index in [-0.39, 0.29) is 25.3 Å². The van der Waals surface area contributed by atoms with Crippen molar-refractivity contribution in [1.29, 1.82) is 0 Å². The lowest BCUT2D eigenvalue weighted by atomic mass is 9.85. The van der Waals surface area contributed by atoms with Crippen LogP contribution in [-0.4, -0.2) is 96.5 Å². The first-order chi connectivity index (χ1) is 24.5. The number of carbonyl (C=O) groups is 4. The number of methoxy groups -OCH3 is 1. The number of alkyl carbamates (subject to hydrolysis) is 1. The Morgan fingerprint density at radius 2 is 1.77 bits per heavy atom. The zero-order chi connectivity index (χ0) is 39.3. The van der Waals surface area contributed by atoms with E-state index >= 15 is 0 Å². The SMILES string of the molecule is C=C[C@@H]1C[C@]1(NC(=O)[C@@H]1C[C@@H](Oc2nccc3cc(OC)ccc23)CN1C(=O)[C@@H](NC(=O)OC(C)(C)C(F)(F)F)C(C)(C)C)C(=O)NS(=O)(=O)C1CC1. The number of fused-ring (bicyclic) bond motifs is 1. The van der Waals surface area contributed by atoms with Crippen LogP contribution in [0.2, 0.25) is 0 Å². The van der Waals surface area contributed by atoms with Crippen molar-refractivity contribution in [1.82, 2.24) is 25.2 Å². The van der Waals surface area contributed by atoms with E-state index < -0.39 is 85.9 Å². The first kappa shape index (κ1) is 39.6. The van der Waals surface area contributed by atoms with Gasteiger partial charge < -0.3 is 29.7 Å². The zero-order valence-electron chi connectivity index (χ0n) is 30.2. The van der Waals surface area contributed by atoms with Crippen molar-refractivity contribution in [3.05, 3.63) is 43.1 Å². The third-order valence-corrected chi connectivity index (χ3v) is 11.5. The second kappa shape index (κ2) is 14.0. The maximum Gasteiger partial charge on any atom is 0.427 e. The van der Waals surface area contributed by atoms with Crippen molar-refractivity contribution >= 4 is 44.6 Å². The largest absolute Gasteiger partial charge is 0.497 e. The van der Waals surface area contributed by atoms with Gasteiger partial charge in [-0.25, -0.2) is 18.2 Å². The summed E-state index contributed by atoms with van der Waals surface area (Å²) >= 11 is 0. The minimum Gasteiger partial charge on any atom is -0.497 e. The highest BCUT2D eigenvalue weighted by molar-refractivity contribution is 7.91. The molecule has 5 rings (SSSR count). The molecule has 0 unspecified atom stereocenters. The number of rotatable bonds is 12. The molecule has 14 nitrogen and oxygen atoms in total. The lowest BCUT2D eigenvalue weighted by Gasteiger charge is -2.36. The molecule has 3 aliphatic rings. The number of nitrogens with zero attached hydrogens (tertiary/aromatic N) is 2. The third kappa shape index (κ3) is 8.31. The minimum absolute atomic E-state index is 0.0469. The Hall–Kier alpha value is -4.61. The van der Waals surface area contributed by atoms with Crippen LogP contribution in [0.25, 0.3) is 10.8 Å². The normalized spacial score (nSPS) is 23.8. The standard InChI is InChI=1S/C35H44F3N5O9S/c1-8-20-17-34(20,30(46)42-53(48,49)23-10-11-23)41-27(44)25-16-22(51-28-24-12-9-21(50-7)15-19(24)13-14-39-28)18-43(25)29(45)26(32(2,3)4)40-31(47)52-33(5,6)35(36,37)38/h8-9,12-15,20,22-23,25-26H,1,10-11,16-18H2,2-7H3,(H,40,47)(H,41,44)(H,42,46)/t20-,22-,25+,26-,34-/m1/s1. The molecule has 53 heavy (non-hydrogen) atoms. The Kier molecular flexibility index (Phi) is 10.4. The van der Waals surface area contributed by atoms with E-state index in [1.54, 1.807) is 45.0 Å². The van der Waals surface area contributed by atoms with Gasteiger partial charge in [0.05, 0.1) is 18.9 Å². The molecule has 0 bridgehead atoms. The molecular formula is C35H44F3N5O9S. The number of likely N-dealkylation sites (tertiary alicyclic amines) is 1. The van der Waals surface area contributed by atoms with Gasteiger partial charge >= 0.3 is 12.3 Å². The molecule has 3 fully saturated rings. The molecule has 2 heterocycles. The number of sulfonamides is 1. The average Bonchev–Trinajstić information content (AvgIpc) is 3.98. The molecule has 0 spiro atoms. The van der Waals surface area contributed by atoms with E-state index in [1.165, 1.54) is 19.4 Å². The van der Waals surface area contributed by atoms with Gasteiger partial charge in [0, 0.05) is 23.9 Å². The number of carbonyl (C=O) groups excluding carboxylic acids is 4. The molecule has 5 atom stereocenters. The fraction of sp³-hybridized carbons (Fsp3) is 0.571. The fourth-order valence-corrected chi connectivity index (χ4v) is 7.52. The van der Waals surface area contributed by atoms with Crippen molar-refractivity contribution in [3.63, 3.8) is 0 Å². The predicted octanol–water partition coefficient (Wildman–Crippen LogP) is 3.74. The maximum absolute atomic E-state index is 14.4. The maximum atomic E-state index is 14.4. The number of amides is 4. The predicted molar refractivity (Wildman–Crippen MR) is 185 cm³/mol. The summed E-state index contributed by atoms with van der Waals surface area (Å²) in [4.78, 5) is 60.3. The number of pyridine rings is 1. The van der Waals surface area contributed by atoms with E-state index in [1.807, 2.05) is 0 Å². The van der Waals surface area contributed by atoms with Crippen LogP contribution in [-0.2, 0) is 29.1 Å². The van der Waals surface area contributed by atoms with Gasteiger partial charge in [0.15, 0.2) is 0 Å². The average molecular weight is 768 g/mol. The molecule has 2 aliphatic carbocycles. The zero-order valence-corrected chi connectivity index (χ0v) is 31.0. The number of aromatic nitrogens is 1. The summed E-state index contributed by atoms with van der Waals surface area (Å²) < 4.78 is 84.2. The quantitative estimate of drug-likeness (QED) is 0.269. The molecule has 0 radical (unpaired) electrons. The van der Waals surface area contributed by atoms with Crippen molar-refractivity contribution < 1.29 is 55.0 Å². The van der Waals surface area contributed by atoms with E-state index in [4.69, 9.17) is 9.47 Å². The van der Waals surface area contributed by atoms with Gasteiger partial charge in [-0.15, -0.1) is 6.58 Å². The molecule has 1 saturated heterocycles. The summed E-state index contributed by atoms with van der Waals surface area (Å²) in [5, 5.41) is 5.55. The molecule has 1 aliphatic heterocycles. The van der Waals surface area contributed by atoms with Crippen molar-refractivity contribution in [2.24, 2.45) is 11.3 Å². The number of alkyl halides is 3. The highest BCUT2D eigenvalue weighted by Gasteiger charge is 2.62. The number of ether oxygens (including phenoxy) is 3. The molecule has 1 aromatic heterocycles. The highest BCUT2D eigenvalue weighted by atomic mass is 32.2. The van der Waals surface area contributed by atoms with Crippen LogP contribution in [0.3, 0.4) is 0 Å². The summed E-state index contributed by atoms with van der Waals surface area (Å²) in [7, 11) is -2.46. The van der Waals surface area contributed by atoms with E-state index in [0.717, 1.165) is 10.3 Å². The molecule has 290 valence electrons. The van der Waals surface area contributed by atoms with Crippen molar-refractivity contribution in [2.45, 2.75) is 101 Å². The first-order valence-electron chi connectivity index (χ1n) is 17.0. The number of hydrogen-bond acceptors (Lipinski definition) is 10. The minimum atomic E-state index is -4.92. The Morgan fingerprint density at radius 1 is 1.09 bits per heavy atom. The molecule has 2 saturated carbocycles. The molecule has 2 aromatic rings. The van der Waals surface area contributed by atoms with Gasteiger partial charge in [0.25, 0.3) is 5.91 Å². The topological polar surface area (TPSA) is 182 Å². The molecule has 1 aromatic carbocycles. The third-order valence-electron chi connectivity index (χ3n) is 9.72. The van der Waals surface area contributed by atoms with Crippen LogP contribution in [0.4, 0.5) is 18.0 Å². The second-order valence-electron chi connectivity index (χ2n) is 15.2. The number of benzene rings is 1. The molecular weight excluding hydrogens is 723 g/mol. The molecule has 4 amide bonds. The van der Waals surface area contributed by atoms with Crippen molar-refractivity contribution in [3.8, 4) is 11.6 Å². The summed E-state index contributed by atoms with van der Waals surface area (Å²) in [6.07, 6.45) is -3.66. The van der Waals surface area contributed by atoms with E-state index in [2.05, 4.69) is 31.7 Å². The first-order valence-corrected chi connectivity index (χ1v) is 18.5. The Balaban J connectivity index is 1.45. The van der Waals surface area contributed by atoms with Crippen LogP contribution in [0.5, 0.6) is 11.6 Å².